The van der Waals surface area contributed by atoms with Crippen LogP contribution in [0, 0.1) is 20.8 Å². The van der Waals surface area contributed by atoms with Gasteiger partial charge in [0.25, 0.3) is 0 Å². The van der Waals surface area contributed by atoms with Crippen molar-refractivity contribution in [3.63, 3.8) is 0 Å². The Balaban J connectivity index is 1.99. The van der Waals surface area contributed by atoms with Gasteiger partial charge < -0.3 is 0 Å². The van der Waals surface area contributed by atoms with E-state index >= 15 is 0 Å². The van der Waals surface area contributed by atoms with Crippen LogP contribution in [0.25, 0.3) is 22.8 Å². The third-order valence-corrected chi connectivity index (χ3v) is 10.3. The van der Waals surface area contributed by atoms with Crippen molar-refractivity contribution in [2.24, 2.45) is 0 Å². The Labute approximate surface area is 169 Å². The Hall–Kier alpha value is -1.08. The average molecular weight is 462 g/mol. The molecule has 0 fully saturated rings. The van der Waals surface area contributed by atoms with Gasteiger partial charge in [0.2, 0.25) is 0 Å². The monoisotopic (exact) mass is 459 g/mol. The molecule has 0 saturated carbocycles. The molecule has 1 aromatic heterocycles. The van der Waals surface area contributed by atoms with Crippen molar-refractivity contribution in [2.45, 2.75) is 24.4 Å². The van der Waals surface area contributed by atoms with Crippen LogP contribution in [-0.4, -0.2) is 0 Å². The molecule has 0 radical (unpaired) electrons. The number of hydrogen-bond donors (Lipinski definition) is 0. The molecule has 131 valence electrons. The van der Waals surface area contributed by atoms with Crippen molar-refractivity contribution in [2.75, 3.05) is 0 Å². The topological polar surface area (TPSA) is 13.1 Å². The van der Waals surface area contributed by atoms with Gasteiger partial charge in [-0.15, -0.1) is 0 Å². The van der Waals surface area contributed by atoms with E-state index in [1.807, 2.05) is 25.1 Å². The van der Waals surface area contributed by atoms with Crippen LogP contribution < -0.4 is 0 Å². The van der Waals surface area contributed by atoms with Gasteiger partial charge in [0.1, 0.15) is 0 Å². The van der Waals surface area contributed by atoms with Gasteiger partial charge in [0, 0.05) is 0 Å². The normalized spacial score (nSPS) is 15.7. The number of halogens is 2. The van der Waals surface area contributed by atoms with Gasteiger partial charge >= 0.3 is 170 Å². The van der Waals surface area contributed by atoms with Crippen molar-refractivity contribution in [1.82, 2.24) is 0 Å². The Kier molecular flexibility index (Phi) is 5.03. The number of rotatable bonds is 3. The fraction of sp³-hybridized carbons (Fsp3) is 0.182. The van der Waals surface area contributed by atoms with E-state index in [1.54, 1.807) is 0 Å². The van der Waals surface area contributed by atoms with Gasteiger partial charge in [-0.25, -0.2) is 0 Å². The Morgan fingerprint density at radius 2 is 1.69 bits per heavy atom. The molecule has 1 unspecified atom stereocenters. The molecular formula is C22H19Cl2OZr. The number of aryl methyl sites for hydroxylation is 2. The summed E-state index contributed by atoms with van der Waals surface area (Å²) >= 11 is -2.62. The van der Waals surface area contributed by atoms with E-state index in [2.05, 4.69) is 50.3 Å². The van der Waals surface area contributed by atoms with Crippen LogP contribution in [0.5, 0.6) is 0 Å². The molecule has 3 aromatic rings. The molecule has 1 heterocycles. The van der Waals surface area contributed by atoms with Crippen molar-refractivity contribution < 1.29 is 23.8 Å². The van der Waals surface area contributed by atoms with Gasteiger partial charge in [0.15, 0.2) is 0 Å². The second kappa shape index (κ2) is 7.15. The third kappa shape index (κ3) is 3.07. The molecule has 0 aliphatic heterocycles. The van der Waals surface area contributed by atoms with Crippen molar-refractivity contribution in [3.8, 4) is 11.1 Å². The molecule has 4 heteroatoms. The van der Waals surface area contributed by atoms with Crippen LogP contribution in [0.2, 0.25) is 0 Å². The summed E-state index contributed by atoms with van der Waals surface area (Å²) in [4.78, 5) is 0. The number of furan rings is 1. The summed E-state index contributed by atoms with van der Waals surface area (Å²) in [5, 5.41) is 0. The Bertz CT molecular complexity index is 1000. The van der Waals surface area contributed by atoms with Gasteiger partial charge in [-0.1, -0.05) is 0 Å². The van der Waals surface area contributed by atoms with E-state index in [1.165, 1.54) is 33.4 Å². The summed E-state index contributed by atoms with van der Waals surface area (Å²) in [5.74, 6) is 1.79. The quantitative estimate of drug-likeness (QED) is 0.396. The van der Waals surface area contributed by atoms with Crippen LogP contribution in [0.1, 0.15) is 37.4 Å². The minimum absolute atomic E-state index is 0.100. The molecule has 1 nitrogen and oxygen atoms in total. The van der Waals surface area contributed by atoms with Crippen molar-refractivity contribution >= 4 is 28.7 Å². The van der Waals surface area contributed by atoms with Crippen LogP contribution in [-0.2, 0) is 19.4 Å². The fourth-order valence-corrected chi connectivity index (χ4v) is 8.86. The first kappa shape index (κ1) is 18.3. The third-order valence-electron chi connectivity index (χ3n) is 5.15. The average Bonchev–Trinajstić information content (AvgIpc) is 3.20. The Morgan fingerprint density at radius 1 is 0.962 bits per heavy atom. The van der Waals surface area contributed by atoms with Crippen molar-refractivity contribution in [3.05, 3.63) is 82.3 Å². The first-order valence-corrected chi connectivity index (χ1v) is 16.4. The molecule has 0 N–H and O–H groups in total. The molecular weight excluding hydrogens is 442 g/mol. The van der Waals surface area contributed by atoms with E-state index in [0.717, 1.165) is 17.1 Å². The first-order chi connectivity index (χ1) is 12.5. The zero-order chi connectivity index (χ0) is 18.4. The standard InChI is InChI=1S/C22H19O.2ClH.Zr/c1-14-11-18-12-19(21-10-9-15(2)23-21)13-20(18)22(16(14)3)17-7-5-4-6-8-17;;;/h4-13H,1-3H3;2*1H;/q;;;+2/p-2. The SMILES string of the molecule is Cc1ccc(C2=Cc3c(cc(C)c(C)c3-c3ccccc3)[CH]2[Zr]([Cl])[Cl])o1. The molecule has 26 heavy (non-hydrogen) atoms. The van der Waals surface area contributed by atoms with Gasteiger partial charge in [-0.3, -0.25) is 0 Å². The number of fused-ring (bicyclic) bond motifs is 1. The molecule has 1 atom stereocenters. The zero-order valence-electron chi connectivity index (χ0n) is 14.9. The summed E-state index contributed by atoms with van der Waals surface area (Å²) in [5.41, 5.74) is 8.72. The molecule has 4 rings (SSSR count). The molecule has 1 aliphatic carbocycles. The predicted molar refractivity (Wildman–Crippen MR) is 107 cm³/mol. The second-order valence-corrected chi connectivity index (χ2v) is 15.6. The van der Waals surface area contributed by atoms with Crippen molar-refractivity contribution in [1.29, 1.82) is 0 Å². The van der Waals surface area contributed by atoms with Crippen LogP contribution in [0.4, 0.5) is 0 Å². The summed E-state index contributed by atoms with van der Waals surface area (Å²) < 4.78 is 6.03. The van der Waals surface area contributed by atoms with Gasteiger partial charge in [0.05, 0.1) is 0 Å². The van der Waals surface area contributed by atoms with E-state index in [0.29, 0.717) is 0 Å². The second-order valence-electron chi connectivity index (χ2n) is 6.80. The molecule has 0 bridgehead atoms. The van der Waals surface area contributed by atoms with Gasteiger partial charge in [-0.05, 0) is 0 Å². The maximum atomic E-state index is 6.63. The minimum atomic E-state index is -2.62. The van der Waals surface area contributed by atoms with E-state index in [9.17, 15) is 0 Å². The molecule has 2 aromatic carbocycles. The molecule has 0 amide bonds. The first-order valence-electron chi connectivity index (χ1n) is 8.63. The number of allylic oxidation sites excluding steroid dienone is 1. The molecule has 0 saturated heterocycles. The van der Waals surface area contributed by atoms with Crippen LogP contribution in [0.3, 0.4) is 0 Å². The summed E-state index contributed by atoms with van der Waals surface area (Å²) in [6, 6.07) is 16.8. The van der Waals surface area contributed by atoms with E-state index in [-0.39, 0.29) is 3.63 Å². The van der Waals surface area contributed by atoms with E-state index < -0.39 is 19.4 Å². The number of benzene rings is 2. The summed E-state index contributed by atoms with van der Waals surface area (Å²) in [7, 11) is 13.3. The summed E-state index contributed by atoms with van der Waals surface area (Å²) in [6.07, 6.45) is 2.25. The van der Waals surface area contributed by atoms with Crippen LogP contribution >= 0.6 is 17.0 Å². The number of hydrogen-bond acceptors (Lipinski definition) is 1. The van der Waals surface area contributed by atoms with Crippen LogP contribution in [0.15, 0.2) is 52.9 Å². The molecule has 0 spiro atoms. The summed E-state index contributed by atoms with van der Waals surface area (Å²) in [6.45, 7) is 6.32. The molecule has 1 aliphatic rings. The maximum absolute atomic E-state index is 6.63. The zero-order valence-corrected chi connectivity index (χ0v) is 18.9. The Morgan fingerprint density at radius 3 is 2.31 bits per heavy atom. The van der Waals surface area contributed by atoms with E-state index in [4.69, 9.17) is 21.4 Å². The predicted octanol–water partition coefficient (Wildman–Crippen LogP) is 7.39. The van der Waals surface area contributed by atoms with Gasteiger partial charge in [-0.2, -0.15) is 0 Å². The fourth-order valence-electron chi connectivity index (χ4n) is 3.78.